The summed E-state index contributed by atoms with van der Waals surface area (Å²) in [6.45, 7) is 1.91. The Balaban J connectivity index is 2.00. The number of rotatable bonds is 2. The van der Waals surface area contributed by atoms with E-state index in [0.29, 0.717) is 15.6 Å². The van der Waals surface area contributed by atoms with Gasteiger partial charge in [0, 0.05) is 30.4 Å². The van der Waals surface area contributed by atoms with E-state index in [-0.39, 0.29) is 0 Å². The third-order valence-corrected chi connectivity index (χ3v) is 4.97. The Bertz CT molecular complexity index is 744. The summed E-state index contributed by atoms with van der Waals surface area (Å²) in [6.07, 6.45) is 6.56. The topological polar surface area (TPSA) is 39.9 Å². The largest absolute Gasteiger partial charge is 0.356 e. The van der Waals surface area contributed by atoms with E-state index < -0.39 is 0 Å². The van der Waals surface area contributed by atoms with Crippen LogP contribution in [0.1, 0.15) is 31.2 Å². The van der Waals surface area contributed by atoms with Crippen LogP contribution in [0.15, 0.2) is 30.5 Å². The Morgan fingerprint density at radius 1 is 1.09 bits per heavy atom. The Hall–Kier alpha value is -1.76. The van der Waals surface area contributed by atoms with Gasteiger partial charge in [-0.25, -0.2) is 4.98 Å². The fraction of sp³-hybridized carbons (Fsp3) is 0.333. The molecule has 2 aromatic rings. The molecule has 1 fully saturated rings. The molecule has 0 bridgehead atoms. The molecular formula is C18H17Cl2N3. The number of anilines is 1. The van der Waals surface area contributed by atoms with E-state index in [2.05, 4.69) is 16.0 Å². The minimum atomic E-state index is 0.488. The van der Waals surface area contributed by atoms with Gasteiger partial charge in [0.1, 0.15) is 11.9 Å². The first kappa shape index (κ1) is 16.1. The summed E-state index contributed by atoms with van der Waals surface area (Å²) in [5.41, 5.74) is 2.19. The van der Waals surface area contributed by atoms with Crippen molar-refractivity contribution >= 4 is 29.0 Å². The highest BCUT2D eigenvalue weighted by atomic mass is 35.5. The zero-order chi connectivity index (χ0) is 16.2. The van der Waals surface area contributed by atoms with Gasteiger partial charge in [-0.1, -0.05) is 48.2 Å². The van der Waals surface area contributed by atoms with Crippen molar-refractivity contribution in [3.8, 4) is 17.2 Å². The van der Waals surface area contributed by atoms with Crippen LogP contribution < -0.4 is 4.90 Å². The van der Waals surface area contributed by atoms with Gasteiger partial charge < -0.3 is 4.90 Å². The molecule has 23 heavy (non-hydrogen) atoms. The van der Waals surface area contributed by atoms with Gasteiger partial charge in [-0.2, -0.15) is 5.26 Å². The van der Waals surface area contributed by atoms with E-state index in [4.69, 9.17) is 23.2 Å². The molecule has 1 aromatic carbocycles. The minimum absolute atomic E-state index is 0.488. The van der Waals surface area contributed by atoms with Crippen molar-refractivity contribution in [3.05, 3.63) is 46.1 Å². The van der Waals surface area contributed by atoms with Gasteiger partial charge in [0.15, 0.2) is 0 Å². The molecule has 5 heteroatoms. The van der Waals surface area contributed by atoms with Crippen LogP contribution in [0, 0.1) is 11.3 Å². The van der Waals surface area contributed by atoms with Crippen LogP contribution in [0.4, 0.5) is 5.82 Å². The first-order valence-electron chi connectivity index (χ1n) is 7.80. The fourth-order valence-corrected chi connectivity index (χ4v) is 3.36. The lowest BCUT2D eigenvalue weighted by Gasteiger charge is -2.22. The SMILES string of the molecule is N#Cc1cc(-c2cccc(Cl)c2Cl)cnc1N1CCCCCC1. The predicted molar refractivity (Wildman–Crippen MR) is 95.1 cm³/mol. The van der Waals surface area contributed by atoms with E-state index in [0.717, 1.165) is 42.9 Å². The lowest BCUT2D eigenvalue weighted by molar-refractivity contribution is 0.726. The number of benzene rings is 1. The second-order valence-electron chi connectivity index (χ2n) is 5.71. The molecule has 2 heterocycles. The third-order valence-electron chi connectivity index (χ3n) is 4.16. The van der Waals surface area contributed by atoms with Crippen LogP contribution in [-0.2, 0) is 0 Å². The summed E-state index contributed by atoms with van der Waals surface area (Å²) >= 11 is 12.4. The van der Waals surface area contributed by atoms with E-state index in [1.54, 1.807) is 12.3 Å². The second-order valence-corrected chi connectivity index (χ2v) is 6.49. The van der Waals surface area contributed by atoms with Crippen LogP contribution in [0.3, 0.4) is 0 Å². The van der Waals surface area contributed by atoms with E-state index >= 15 is 0 Å². The third kappa shape index (κ3) is 3.44. The normalized spacial score (nSPS) is 15.1. The van der Waals surface area contributed by atoms with Gasteiger partial charge in [0.05, 0.1) is 15.6 Å². The number of aromatic nitrogens is 1. The molecule has 0 unspecified atom stereocenters. The molecular weight excluding hydrogens is 329 g/mol. The molecule has 0 N–H and O–H groups in total. The summed E-state index contributed by atoms with van der Waals surface area (Å²) in [4.78, 5) is 6.78. The summed E-state index contributed by atoms with van der Waals surface area (Å²) in [6, 6.07) is 9.61. The van der Waals surface area contributed by atoms with Crippen molar-refractivity contribution in [2.45, 2.75) is 25.7 Å². The van der Waals surface area contributed by atoms with Crippen LogP contribution in [-0.4, -0.2) is 18.1 Å². The van der Waals surface area contributed by atoms with Crippen molar-refractivity contribution in [2.75, 3.05) is 18.0 Å². The summed E-state index contributed by atoms with van der Waals surface area (Å²) in [5, 5.41) is 10.5. The minimum Gasteiger partial charge on any atom is -0.356 e. The number of nitriles is 1. The van der Waals surface area contributed by atoms with Crippen molar-refractivity contribution < 1.29 is 0 Å². The molecule has 0 radical (unpaired) electrons. The van der Waals surface area contributed by atoms with Crippen molar-refractivity contribution in [1.29, 1.82) is 5.26 Å². The van der Waals surface area contributed by atoms with E-state index in [1.165, 1.54) is 12.8 Å². The zero-order valence-corrected chi connectivity index (χ0v) is 14.2. The van der Waals surface area contributed by atoms with Crippen LogP contribution >= 0.6 is 23.2 Å². The number of hydrogen-bond acceptors (Lipinski definition) is 3. The number of hydrogen-bond donors (Lipinski definition) is 0. The molecule has 1 aromatic heterocycles. The van der Waals surface area contributed by atoms with Crippen molar-refractivity contribution in [3.63, 3.8) is 0 Å². The maximum atomic E-state index is 9.54. The summed E-state index contributed by atoms with van der Waals surface area (Å²) in [7, 11) is 0. The Morgan fingerprint density at radius 3 is 2.52 bits per heavy atom. The first-order valence-corrected chi connectivity index (χ1v) is 8.56. The van der Waals surface area contributed by atoms with Crippen molar-refractivity contribution in [2.24, 2.45) is 0 Å². The molecule has 1 aliphatic rings. The smallest absolute Gasteiger partial charge is 0.146 e. The highest BCUT2D eigenvalue weighted by Crippen LogP contribution is 2.34. The van der Waals surface area contributed by atoms with Gasteiger partial charge in [-0.3, -0.25) is 0 Å². The lowest BCUT2D eigenvalue weighted by Crippen LogP contribution is -2.25. The van der Waals surface area contributed by atoms with Gasteiger partial charge >= 0.3 is 0 Å². The van der Waals surface area contributed by atoms with E-state index in [1.807, 2.05) is 18.2 Å². The molecule has 0 aliphatic carbocycles. The van der Waals surface area contributed by atoms with Crippen LogP contribution in [0.25, 0.3) is 11.1 Å². The molecule has 0 atom stereocenters. The Morgan fingerprint density at radius 2 is 1.83 bits per heavy atom. The van der Waals surface area contributed by atoms with Gasteiger partial charge in [0.25, 0.3) is 0 Å². The average Bonchev–Trinajstić information content (AvgIpc) is 2.86. The first-order chi connectivity index (χ1) is 11.2. The van der Waals surface area contributed by atoms with Gasteiger partial charge in [-0.15, -0.1) is 0 Å². The summed E-state index contributed by atoms with van der Waals surface area (Å²) < 4.78 is 0. The molecule has 0 amide bonds. The van der Waals surface area contributed by atoms with E-state index in [9.17, 15) is 5.26 Å². The maximum Gasteiger partial charge on any atom is 0.146 e. The molecule has 118 valence electrons. The Kier molecular flexibility index (Phi) is 5.05. The average molecular weight is 346 g/mol. The fourth-order valence-electron chi connectivity index (χ4n) is 2.95. The van der Waals surface area contributed by atoms with Crippen LogP contribution in [0.5, 0.6) is 0 Å². The highest BCUT2D eigenvalue weighted by molar-refractivity contribution is 6.43. The summed E-state index contributed by atoms with van der Waals surface area (Å²) in [5.74, 6) is 0.774. The lowest BCUT2D eigenvalue weighted by atomic mass is 10.1. The quantitative estimate of drug-likeness (QED) is 0.740. The zero-order valence-electron chi connectivity index (χ0n) is 12.7. The monoisotopic (exact) mass is 345 g/mol. The second kappa shape index (κ2) is 7.21. The number of nitrogens with zero attached hydrogens (tertiary/aromatic N) is 3. The Labute approximate surface area is 146 Å². The standard InChI is InChI=1S/C18H17Cl2N3/c19-16-7-5-6-15(17(16)20)14-10-13(11-21)18(22-12-14)23-8-3-1-2-4-9-23/h5-7,10,12H,1-4,8-9H2. The predicted octanol–water partition coefficient (Wildman–Crippen LogP) is 5.31. The van der Waals surface area contributed by atoms with Gasteiger partial charge in [-0.05, 0) is 25.0 Å². The molecule has 3 rings (SSSR count). The van der Waals surface area contributed by atoms with Crippen molar-refractivity contribution in [1.82, 2.24) is 4.98 Å². The molecule has 1 saturated heterocycles. The number of halogens is 2. The van der Waals surface area contributed by atoms with Gasteiger partial charge in [0.2, 0.25) is 0 Å². The number of pyridine rings is 1. The molecule has 1 aliphatic heterocycles. The molecule has 0 spiro atoms. The maximum absolute atomic E-state index is 9.54. The highest BCUT2D eigenvalue weighted by Gasteiger charge is 2.17. The van der Waals surface area contributed by atoms with Crippen LogP contribution in [0.2, 0.25) is 10.0 Å². The molecule has 3 nitrogen and oxygen atoms in total. The molecule has 0 saturated carbocycles.